The lowest BCUT2D eigenvalue weighted by atomic mass is 10.0. The highest BCUT2D eigenvalue weighted by Crippen LogP contribution is 2.24. The number of hydrogen-bond acceptors (Lipinski definition) is 2. The summed E-state index contributed by atoms with van der Waals surface area (Å²) in [5, 5.41) is 2.03. The zero-order valence-electron chi connectivity index (χ0n) is 11.1. The van der Waals surface area contributed by atoms with E-state index in [0.29, 0.717) is 12.5 Å². The number of hydrogen-bond donors (Lipinski definition) is 0. The van der Waals surface area contributed by atoms with Crippen molar-refractivity contribution in [2.75, 3.05) is 6.61 Å². The quantitative estimate of drug-likeness (QED) is 0.755. The van der Waals surface area contributed by atoms with Crippen LogP contribution in [0, 0.1) is 5.92 Å². The van der Waals surface area contributed by atoms with E-state index in [9.17, 15) is 4.79 Å². The maximum absolute atomic E-state index is 11.5. The van der Waals surface area contributed by atoms with E-state index < -0.39 is 0 Å². The Hall–Kier alpha value is -1.83. The Kier molecular flexibility index (Phi) is 3.66. The smallest absolute Gasteiger partial charge is 0.160 e. The minimum absolute atomic E-state index is 0.0939. The number of rotatable bonds is 4. The molecule has 0 fully saturated rings. The van der Waals surface area contributed by atoms with Gasteiger partial charge in [-0.25, -0.2) is 0 Å². The first-order valence-corrected chi connectivity index (χ1v) is 6.24. The Morgan fingerprint density at radius 3 is 2.67 bits per heavy atom. The second kappa shape index (κ2) is 5.21. The van der Waals surface area contributed by atoms with Crippen molar-refractivity contribution in [3.05, 3.63) is 42.0 Å². The zero-order chi connectivity index (χ0) is 13.1. The van der Waals surface area contributed by atoms with Gasteiger partial charge in [0.15, 0.2) is 5.78 Å². The predicted molar refractivity (Wildman–Crippen MR) is 74.3 cm³/mol. The molecule has 0 amide bonds. The molecule has 0 saturated carbocycles. The van der Waals surface area contributed by atoms with Gasteiger partial charge < -0.3 is 4.74 Å². The highest BCUT2D eigenvalue weighted by atomic mass is 16.5. The molecule has 2 nitrogen and oxygen atoms in total. The lowest BCUT2D eigenvalue weighted by Crippen LogP contribution is -2.04. The summed E-state index contributed by atoms with van der Waals surface area (Å²) in [5.41, 5.74) is 0.767. The average Bonchev–Trinajstić information content (AvgIpc) is 2.35. The van der Waals surface area contributed by atoms with E-state index in [4.69, 9.17) is 4.74 Å². The van der Waals surface area contributed by atoms with Crippen LogP contribution in [0.5, 0.6) is 5.75 Å². The Labute approximate surface area is 108 Å². The van der Waals surface area contributed by atoms with Gasteiger partial charge in [-0.05, 0) is 41.8 Å². The van der Waals surface area contributed by atoms with E-state index in [2.05, 4.69) is 13.8 Å². The normalized spacial score (nSPS) is 10.9. The molecular weight excluding hydrogens is 224 g/mol. The molecule has 0 aliphatic heterocycles. The first-order valence-electron chi connectivity index (χ1n) is 6.24. The van der Waals surface area contributed by atoms with Crippen LogP contribution in [0.15, 0.2) is 36.4 Å². The van der Waals surface area contributed by atoms with Crippen molar-refractivity contribution < 1.29 is 9.53 Å². The molecule has 0 radical (unpaired) electrons. The number of ether oxygens (including phenoxy) is 1. The van der Waals surface area contributed by atoms with Gasteiger partial charge in [0.25, 0.3) is 0 Å². The highest BCUT2D eigenvalue weighted by molar-refractivity contribution is 6.07. The molecule has 0 aromatic heterocycles. The van der Waals surface area contributed by atoms with E-state index in [1.54, 1.807) is 6.92 Å². The van der Waals surface area contributed by atoms with Gasteiger partial charge in [-0.2, -0.15) is 0 Å². The molecule has 0 aliphatic rings. The van der Waals surface area contributed by atoms with Gasteiger partial charge in [0, 0.05) is 5.56 Å². The molecule has 0 N–H and O–H groups in total. The van der Waals surface area contributed by atoms with Gasteiger partial charge in [-0.3, -0.25) is 4.79 Å². The van der Waals surface area contributed by atoms with Crippen LogP contribution in [0.3, 0.4) is 0 Å². The number of carbonyl (C=O) groups is 1. The molecule has 0 bridgehead atoms. The summed E-state index contributed by atoms with van der Waals surface area (Å²) in [6.07, 6.45) is 0. The Balaban J connectivity index is 2.38. The van der Waals surface area contributed by atoms with Crippen molar-refractivity contribution in [2.45, 2.75) is 20.8 Å². The topological polar surface area (TPSA) is 26.3 Å². The molecule has 2 heteroatoms. The summed E-state index contributed by atoms with van der Waals surface area (Å²) in [5.74, 6) is 1.46. The highest BCUT2D eigenvalue weighted by Gasteiger charge is 2.06. The van der Waals surface area contributed by atoms with Crippen molar-refractivity contribution >= 4 is 16.6 Å². The Bertz CT molecular complexity index is 570. The van der Waals surface area contributed by atoms with Crippen LogP contribution in [-0.2, 0) is 0 Å². The maximum atomic E-state index is 11.5. The minimum Gasteiger partial charge on any atom is -0.493 e. The van der Waals surface area contributed by atoms with E-state index in [-0.39, 0.29) is 5.78 Å². The largest absolute Gasteiger partial charge is 0.493 e. The fraction of sp³-hybridized carbons (Fsp3) is 0.312. The van der Waals surface area contributed by atoms with Gasteiger partial charge in [0.05, 0.1) is 6.61 Å². The van der Waals surface area contributed by atoms with Crippen LogP contribution in [0.2, 0.25) is 0 Å². The second-order valence-electron chi connectivity index (χ2n) is 4.95. The third kappa shape index (κ3) is 2.70. The van der Waals surface area contributed by atoms with Crippen molar-refractivity contribution in [1.29, 1.82) is 0 Å². The Morgan fingerprint density at radius 1 is 1.22 bits per heavy atom. The van der Waals surface area contributed by atoms with Crippen molar-refractivity contribution in [1.82, 2.24) is 0 Å². The summed E-state index contributed by atoms with van der Waals surface area (Å²) >= 11 is 0. The van der Waals surface area contributed by atoms with Crippen molar-refractivity contribution in [3.8, 4) is 5.75 Å². The monoisotopic (exact) mass is 242 g/mol. The molecule has 2 rings (SSSR count). The van der Waals surface area contributed by atoms with Crippen LogP contribution in [0.25, 0.3) is 10.8 Å². The molecule has 0 heterocycles. The number of ketones is 1. The van der Waals surface area contributed by atoms with Crippen LogP contribution >= 0.6 is 0 Å². The van der Waals surface area contributed by atoms with Gasteiger partial charge in [-0.15, -0.1) is 0 Å². The van der Waals surface area contributed by atoms with Gasteiger partial charge in [0.1, 0.15) is 5.75 Å². The minimum atomic E-state index is 0.0939. The SMILES string of the molecule is CC(=O)c1cccc2cc(OCC(C)C)ccc12. The molecule has 18 heavy (non-hydrogen) atoms. The Morgan fingerprint density at radius 2 is 2.00 bits per heavy atom. The van der Waals surface area contributed by atoms with Crippen LogP contribution < -0.4 is 4.74 Å². The van der Waals surface area contributed by atoms with Crippen molar-refractivity contribution in [3.63, 3.8) is 0 Å². The maximum Gasteiger partial charge on any atom is 0.160 e. The lowest BCUT2D eigenvalue weighted by molar-refractivity contribution is 0.101. The molecule has 2 aromatic rings. The first-order chi connectivity index (χ1) is 8.58. The van der Waals surface area contributed by atoms with Crippen LogP contribution in [-0.4, -0.2) is 12.4 Å². The molecule has 0 spiro atoms. The van der Waals surface area contributed by atoms with E-state index in [1.807, 2.05) is 36.4 Å². The summed E-state index contributed by atoms with van der Waals surface area (Å²) in [6, 6.07) is 11.7. The van der Waals surface area contributed by atoms with Gasteiger partial charge in [-0.1, -0.05) is 32.0 Å². The van der Waals surface area contributed by atoms with Crippen molar-refractivity contribution in [2.24, 2.45) is 5.92 Å². The molecule has 94 valence electrons. The van der Waals surface area contributed by atoms with E-state index >= 15 is 0 Å². The fourth-order valence-electron chi connectivity index (χ4n) is 1.92. The van der Waals surface area contributed by atoms with E-state index in [0.717, 1.165) is 22.1 Å². The predicted octanol–water partition coefficient (Wildman–Crippen LogP) is 4.08. The van der Waals surface area contributed by atoms with Gasteiger partial charge in [0.2, 0.25) is 0 Å². The summed E-state index contributed by atoms with van der Waals surface area (Å²) in [6.45, 7) is 6.54. The lowest BCUT2D eigenvalue weighted by Gasteiger charge is -2.10. The molecule has 0 aliphatic carbocycles. The average molecular weight is 242 g/mol. The summed E-state index contributed by atoms with van der Waals surface area (Å²) in [4.78, 5) is 11.5. The zero-order valence-corrected chi connectivity index (χ0v) is 11.1. The third-order valence-electron chi connectivity index (χ3n) is 2.81. The molecule has 0 atom stereocenters. The third-order valence-corrected chi connectivity index (χ3v) is 2.81. The number of Topliss-reactive ketones (excluding diaryl/α,β-unsaturated/α-hetero) is 1. The molecular formula is C16H18O2. The first kappa shape index (κ1) is 12.6. The molecule has 0 saturated heterocycles. The second-order valence-corrected chi connectivity index (χ2v) is 4.95. The standard InChI is InChI=1S/C16H18O2/c1-11(2)10-18-14-7-8-16-13(9-14)5-4-6-15(16)12(3)17/h4-9,11H,10H2,1-3H3. The number of carbonyl (C=O) groups excluding carboxylic acids is 1. The van der Waals surface area contributed by atoms with Crippen LogP contribution in [0.1, 0.15) is 31.1 Å². The molecule has 0 unspecified atom stereocenters. The fourth-order valence-corrected chi connectivity index (χ4v) is 1.92. The number of fused-ring (bicyclic) bond motifs is 1. The van der Waals surface area contributed by atoms with E-state index in [1.165, 1.54) is 0 Å². The van der Waals surface area contributed by atoms with Gasteiger partial charge >= 0.3 is 0 Å². The van der Waals surface area contributed by atoms with Crippen LogP contribution in [0.4, 0.5) is 0 Å². The number of benzene rings is 2. The summed E-state index contributed by atoms with van der Waals surface area (Å²) < 4.78 is 5.69. The molecule has 2 aromatic carbocycles. The summed E-state index contributed by atoms with van der Waals surface area (Å²) in [7, 11) is 0.